The van der Waals surface area contributed by atoms with Crippen LogP contribution in [0.25, 0.3) is 22.3 Å². The molecule has 0 aliphatic heterocycles. The van der Waals surface area contributed by atoms with Crippen LogP contribution in [0, 0.1) is 6.92 Å². The van der Waals surface area contributed by atoms with E-state index >= 15 is 0 Å². The van der Waals surface area contributed by atoms with Crippen LogP contribution in [0.3, 0.4) is 0 Å². The number of carbonyl (C=O) groups is 1. The van der Waals surface area contributed by atoms with Crippen molar-refractivity contribution in [1.82, 2.24) is 0 Å². The third-order valence-corrected chi connectivity index (χ3v) is 6.74. The highest BCUT2D eigenvalue weighted by Gasteiger charge is 2.15. The first kappa shape index (κ1) is 31.3. The molecule has 0 radical (unpaired) electrons. The number of carbonyl (C=O) groups excluding carboxylic acids is 1. The first-order chi connectivity index (χ1) is 19.2. The minimum atomic E-state index is -0.402. The van der Waals surface area contributed by atoms with Gasteiger partial charge in [-0.3, -0.25) is 4.79 Å². The summed E-state index contributed by atoms with van der Waals surface area (Å²) in [6.07, 6.45) is 9.11. The van der Waals surface area contributed by atoms with Gasteiger partial charge in [0.25, 0.3) is 0 Å². The van der Waals surface area contributed by atoms with Gasteiger partial charge in [0.15, 0.2) is 0 Å². The predicted molar refractivity (Wildman–Crippen MR) is 166 cm³/mol. The summed E-state index contributed by atoms with van der Waals surface area (Å²) in [5.41, 5.74) is 5.42. The average Bonchev–Trinajstić information content (AvgIpc) is 2.92. The summed E-state index contributed by atoms with van der Waals surface area (Å²) in [5.74, 6) is 1.76. The molecule has 3 aromatic carbocycles. The Hall–Kier alpha value is -3.27. The van der Waals surface area contributed by atoms with Gasteiger partial charge >= 0.3 is 5.97 Å². The topological polar surface area (TPSA) is 44.8 Å². The van der Waals surface area contributed by atoms with E-state index in [0.29, 0.717) is 13.0 Å². The van der Waals surface area contributed by atoms with Crippen LogP contribution in [-0.4, -0.2) is 24.8 Å². The minimum absolute atomic E-state index is 0.100. The number of hydrogen-bond donors (Lipinski definition) is 0. The van der Waals surface area contributed by atoms with Crippen molar-refractivity contribution in [1.29, 1.82) is 0 Å². The maximum Gasteiger partial charge on any atom is 0.306 e. The summed E-state index contributed by atoms with van der Waals surface area (Å²) in [5, 5.41) is 0. The summed E-state index contributed by atoms with van der Waals surface area (Å²) in [7, 11) is 0. The Bertz CT molecular complexity index is 1160. The van der Waals surface area contributed by atoms with Crippen LogP contribution in [0.5, 0.6) is 11.5 Å². The van der Waals surface area contributed by atoms with Crippen molar-refractivity contribution in [3.8, 4) is 33.8 Å². The number of rotatable bonds is 16. The van der Waals surface area contributed by atoms with Crippen molar-refractivity contribution in [2.45, 2.75) is 98.0 Å². The van der Waals surface area contributed by atoms with Gasteiger partial charge in [0.05, 0.1) is 13.2 Å². The largest absolute Gasteiger partial charge is 0.494 e. The number of aryl methyl sites for hydroxylation is 1. The SMILES string of the molecule is CCCCCOc1ccc(-c2ccc(-c3ccc(C)cc3OCCCCCCCC(=O)OC(C)(C)C)cc2)cc1. The third-order valence-electron chi connectivity index (χ3n) is 6.74. The average molecular weight is 545 g/mol. The monoisotopic (exact) mass is 544 g/mol. The molecule has 0 unspecified atom stereocenters. The Balaban J connectivity index is 1.47. The quantitative estimate of drug-likeness (QED) is 0.133. The molecule has 3 aromatic rings. The fourth-order valence-corrected chi connectivity index (χ4v) is 4.59. The van der Waals surface area contributed by atoms with Crippen LogP contribution >= 0.6 is 0 Å². The molecule has 4 heteroatoms. The maximum absolute atomic E-state index is 11.8. The van der Waals surface area contributed by atoms with Gasteiger partial charge in [-0.2, -0.15) is 0 Å². The van der Waals surface area contributed by atoms with Gasteiger partial charge in [0.2, 0.25) is 0 Å². The number of ether oxygens (including phenoxy) is 3. The molecule has 0 heterocycles. The Kier molecular flexibility index (Phi) is 12.6. The molecule has 0 saturated heterocycles. The van der Waals surface area contributed by atoms with Crippen LogP contribution in [0.4, 0.5) is 0 Å². The molecule has 0 aliphatic rings. The highest BCUT2D eigenvalue weighted by atomic mass is 16.6. The first-order valence-electron chi connectivity index (χ1n) is 15.0. The van der Waals surface area contributed by atoms with Gasteiger partial charge in [-0.25, -0.2) is 0 Å². The molecule has 0 spiro atoms. The van der Waals surface area contributed by atoms with Crippen molar-refractivity contribution in [3.05, 3.63) is 72.3 Å². The highest BCUT2D eigenvalue weighted by molar-refractivity contribution is 5.74. The van der Waals surface area contributed by atoms with Crippen molar-refractivity contribution in [2.24, 2.45) is 0 Å². The second-order valence-electron chi connectivity index (χ2n) is 11.6. The van der Waals surface area contributed by atoms with Crippen LogP contribution in [0.15, 0.2) is 66.7 Å². The van der Waals surface area contributed by atoms with Crippen molar-refractivity contribution >= 4 is 5.97 Å². The van der Waals surface area contributed by atoms with Gasteiger partial charge < -0.3 is 14.2 Å². The second kappa shape index (κ2) is 16.1. The normalized spacial score (nSPS) is 11.3. The molecule has 0 bridgehead atoms. The molecule has 0 saturated carbocycles. The summed E-state index contributed by atoms with van der Waals surface area (Å²) in [6.45, 7) is 11.5. The molecule has 0 amide bonds. The highest BCUT2D eigenvalue weighted by Crippen LogP contribution is 2.33. The standard InChI is InChI=1S/C36H48O4/c1-6-7-12-25-38-32-22-20-30(21-23-32)29-16-18-31(19-17-29)33-24-15-28(2)27-34(33)39-26-13-10-8-9-11-14-35(37)40-36(3,4)5/h15-24,27H,6-14,25-26H2,1-5H3. The van der Waals surface area contributed by atoms with Gasteiger partial charge in [-0.1, -0.05) is 87.6 Å². The number of hydrogen-bond acceptors (Lipinski definition) is 4. The smallest absolute Gasteiger partial charge is 0.306 e. The van der Waals surface area contributed by atoms with E-state index in [-0.39, 0.29) is 5.97 Å². The van der Waals surface area contributed by atoms with Crippen LogP contribution < -0.4 is 9.47 Å². The van der Waals surface area contributed by atoms with Crippen LogP contribution in [0.2, 0.25) is 0 Å². The van der Waals surface area contributed by atoms with Crippen LogP contribution in [0.1, 0.15) is 91.0 Å². The molecular weight excluding hydrogens is 496 g/mol. The second-order valence-corrected chi connectivity index (χ2v) is 11.6. The van der Waals surface area contributed by atoms with Crippen molar-refractivity contribution in [2.75, 3.05) is 13.2 Å². The lowest BCUT2D eigenvalue weighted by atomic mass is 9.99. The molecule has 3 rings (SSSR count). The van der Waals surface area contributed by atoms with Crippen LogP contribution in [-0.2, 0) is 9.53 Å². The minimum Gasteiger partial charge on any atom is -0.494 e. The maximum atomic E-state index is 11.8. The Morgan fingerprint density at radius 3 is 1.93 bits per heavy atom. The Labute approximate surface area is 242 Å². The van der Waals surface area contributed by atoms with Gasteiger partial charge in [0.1, 0.15) is 17.1 Å². The first-order valence-corrected chi connectivity index (χ1v) is 15.0. The van der Waals surface area contributed by atoms with E-state index < -0.39 is 5.60 Å². The fraction of sp³-hybridized carbons (Fsp3) is 0.472. The number of unbranched alkanes of at least 4 members (excludes halogenated alkanes) is 6. The van der Waals surface area contributed by atoms with Gasteiger partial charge in [0, 0.05) is 12.0 Å². The lowest BCUT2D eigenvalue weighted by Gasteiger charge is -2.19. The molecule has 40 heavy (non-hydrogen) atoms. The van der Waals surface area contributed by atoms with E-state index in [1.54, 1.807) is 0 Å². The molecule has 0 atom stereocenters. The molecule has 0 N–H and O–H groups in total. The zero-order valence-electron chi connectivity index (χ0n) is 25.3. The predicted octanol–water partition coefficient (Wildman–Crippen LogP) is 9.96. The molecule has 216 valence electrons. The number of benzene rings is 3. The lowest BCUT2D eigenvalue weighted by Crippen LogP contribution is -2.23. The van der Waals surface area contributed by atoms with E-state index in [1.165, 1.54) is 29.5 Å². The van der Waals surface area contributed by atoms with E-state index in [2.05, 4.69) is 80.6 Å². The molecule has 0 fully saturated rings. The van der Waals surface area contributed by atoms with E-state index in [9.17, 15) is 4.79 Å². The summed E-state index contributed by atoms with van der Waals surface area (Å²) in [4.78, 5) is 11.8. The van der Waals surface area contributed by atoms with E-state index in [1.807, 2.05) is 20.8 Å². The summed E-state index contributed by atoms with van der Waals surface area (Å²) >= 11 is 0. The van der Waals surface area contributed by atoms with E-state index in [4.69, 9.17) is 14.2 Å². The zero-order chi connectivity index (χ0) is 28.8. The third kappa shape index (κ3) is 11.1. The zero-order valence-corrected chi connectivity index (χ0v) is 25.3. The van der Waals surface area contributed by atoms with Crippen molar-refractivity contribution < 1.29 is 19.0 Å². The molecule has 4 nitrogen and oxygen atoms in total. The summed E-state index contributed by atoms with van der Waals surface area (Å²) in [6, 6.07) is 23.5. The molecule has 0 aromatic heterocycles. The Morgan fingerprint density at radius 2 is 1.25 bits per heavy atom. The molecule has 0 aliphatic carbocycles. The van der Waals surface area contributed by atoms with Gasteiger partial charge in [-0.05, 0) is 87.4 Å². The fourth-order valence-electron chi connectivity index (χ4n) is 4.59. The lowest BCUT2D eigenvalue weighted by molar-refractivity contribution is -0.154. The van der Waals surface area contributed by atoms with E-state index in [0.717, 1.165) is 67.8 Å². The number of esters is 1. The van der Waals surface area contributed by atoms with Gasteiger partial charge in [-0.15, -0.1) is 0 Å². The Morgan fingerprint density at radius 1 is 0.675 bits per heavy atom. The summed E-state index contributed by atoms with van der Waals surface area (Å²) < 4.78 is 17.5. The molecular formula is C36H48O4. The van der Waals surface area contributed by atoms with Crippen molar-refractivity contribution in [3.63, 3.8) is 0 Å².